The molecule has 4 aromatic rings. The van der Waals surface area contributed by atoms with Crippen molar-refractivity contribution in [2.45, 2.75) is 17.0 Å². The molecule has 0 amide bonds. The van der Waals surface area contributed by atoms with E-state index in [-0.39, 0.29) is 0 Å². The van der Waals surface area contributed by atoms with Crippen LogP contribution < -0.4 is 9.47 Å². The Morgan fingerprint density at radius 3 is 2.60 bits per heavy atom. The number of aromatic nitrogens is 2. The summed E-state index contributed by atoms with van der Waals surface area (Å²) in [6.07, 6.45) is 4.28. The van der Waals surface area contributed by atoms with E-state index in [0.29, 0.717) is 0 Å². The molecule has 0 fully saturated rings. The minimum atomic E-state index is 0.982. The molecule has 5 heteroatoms. The van der Waals surface area contributed by atoms with Crippen LogP contribution in [0.15, 0.2) is 87.9 Å². The van der Waals surface area contributed by atoms with E-state index in [0.717, 1.165) is 10.9 Å². The van der Waals surface area contributed by atoms with Gasteiger partial charge in [0.2, 0.25) is 0 Å². The van der Waals surface area contributed by atoms with Gasteiger partial charge in [0.05, 0.1) is 10.7 Å². The molecule has 5 rings (SSSR count). The summed E-state index contributed by atoms with van der Waals surface area (Å²) >= 11 is 3.47. The highest BCUT2D eigenvalue weighted by molar-refractivity contribution is 8.03. The topological polar surface area (TPSA) is 20.0 Å². The smallest absolute Gasteiger partial charge is 0.338 e. The highest BCUT2D eigenvalue weighted by atomic mass is 32.2. The predicted octanol–water partition coefficient (Wildman–Crippen LogP) is 6.08. The van der Waals surface area contributed by atoms with E-state index in [2.05, 4.69) is 109 Å². The SMILES string of the molecule is CSc1nc(/C=C2\Sc3ccccc3N2C)cc(C)[n+]1-c1cccc2ccccc12. The fraction of sp³-hybridized carbons (Fsp3) is 0.120. The fourth-order valence-electron chi connectivity index (χ4n) is 3.90. The third-order valence-electron chi connectivity index (χ3n) is 5.36. The van der Waals surface area contributed by atoms with Crippen molar-refractivity contribution in [3.63, 3.8) is 0 Å². The van der Waals surface area contributed by atoms with Gasteiger partial charge in [-0.2, -0.15) is 4.57 Å². The lowest BCUT2D eigenvalue weighted by atomic mass is 10.1. The first-order chi connectivity index (χ1) is 14.7. The van der Waals surface area contributed by atoms with Gasteiger partial charge in [-0.25, -0.2) is 0 Å². The number of anilines is 1. The van der Waals surface area contributed by atoms with E-state index >= 15 is 0 Å². The maximum absolute atomic E-state index is 5.01. The molecule has 0 saturated carbocycles. The molecule has 0 bridgehead atoms. The summed E-state index contributed by atoms with van der Waals surface area (Å²) in [5.41, 5.74) is 4.56. The van der Waals surface area contributed by atoms with Gasteiger partial charge in [-0.15, -0.1) is 0 Å². The number of aryl methyl sites for hydroxylation is 1. The van der Waals surface area contributed by atoms with Crippen LogP contribution in [-0.4, -0.2) is 18.3 Å². The summed E-state index contributed by atoms with van der Waals surface area (Å²) in [5.74, 6) is 0. The third-order valence-corrected chi connectivity index (χ3v) is 7.16. The van der Waals surface area contributed by atoms with Gasteiger partial charge in [0, 0.05) is 29.5 Å². The summed E-state index contributed by atoms with van der Waals surface area (Å²) in [6, 6.07) is 25.6. The van der Waals surface area contributed by atoms with Crippen molar-refractivity contribution in [2.75, 3.05) is 18.2 Å². The zero-order valence-electron chi connectivity index (χ0n) is 17.2. The second kappa shape index (κ2) is 7.82. The molecular weight excluding hydrogens is 406 g/mol. The van der Waals surface area contributed by atoms with Gasteiger partial charge in [0.15, 0.2) is 5.69 Å². The summed E-state index contributed by atoms with van der Waals surface area (Å²) in [5, 5.41) is 4.65. The van der Waals surface area contributed by atoms with Crippen LogP contribution in [0.3, 0.4) is 0 Å². The van der Waals surface area contributed by atoms with Crippen molar-refractivity contribution < 1.29 is 4.57 Å². The van der Waals surface area contributed by atoms with E-state index in [1.807, 2.05) is 0 Å². The van der Waals surface area contributed by atoms with Crippen molar-refractivity contribution in [2.24, 2.45) is 0 Å². The predicted molar refractivity (Wildman–Crippen MR) is 128 cm³/mol. The van der Waals surface area contributed by atoms with Crippen LogP contribution in [0.1, 0.15) is 11.4 Å². The first-order valence-electron chi connectivity index (χ1n) is 9.84. The summed E-state index contributed by atoms with van der Waals surface area (Å²) in [7, 11) is 2.12. The Labute approximate surface area is 185 Å². The van der Waals surface area contributed by atoms with Gasteiger partial charge in [0.25, 0.3) is 0 Å². The molecule has 0 atom stereocenters. The summed E-state index contributed by atoms with van der Waals surface area (Å²) < 4.78 is 2.26. The lowest BCUT2D eigenvalue weighted by molar-refractivity contribution is -0.646. The third kappa shape index (κ3) is 3.28. The van der Waals surface area contributed by atoms with Crippen LogP contribution in [-0.2, 0) is 0 Å². The number of nitrogens with zero attached hydrogens (tertiary/aromatic N) is 3. The van der Waals surface area contributed by atoms with Gasteiger partial charge in [-0.3, -0.25) is 0 Å². The first kappa shape index (κ1) is 19.2. The quantitative estimate of drug-likeness (QED) is 0.224. The number of hydrogen-bond acceptors (Lipinski definition) is 4. The Hall–Kier alpha value is -2.76. The van der Waals surface area contributed by atoms with Crippen molar-refractivity contribution in [1.29, 1.82) is 0 Å². The Morgan fingerprint density at radius 1 is 1.00 bits per heavy atom. The normalized spacial score (nSPS) is 14.5. The molecule has 2 heterocycles. The minimum absolute atomic E-state index is 0.982. The number of hydrogen-bond donors (Lipinski definition) is 0. The second-order valence-electron chi connectivity index (χ2n) is 7.25. The molecule has 148 valence electrons. The average Bonchev–Trinajstić information content (AvgIpc) is 3.08. The first-order valence-corrected chi connectivity index (χ1v) is 11.9. The molecule has 3 aromatic carbocycles. The van der Waals surface area contributed by atoms with Gasteiger partial charge >= 0.3 is 5.16 Å². The van der Waals surface area contributed by atoms with Crippen LogP contribution in [0.4, 0.5) is 5.69 Å². The molecule has 0 saturated heterocycles. The molecule has 0 N–H and O–H groups in total. The summed E-state index contributed by atoms with van der Waals surface area (Å²) in [4.78, 5) is 8.53. The molecule has 3 nitrogen and oxygen atoms in total. The maximum Gasteiger partial charge on any atom is 0.364 e. The van der Waals surface area contributed by atoms with E-state index in [1.165, 1.54) is 37.8 Å². The largest absolute Gasteiger partial charge is 0.364 e. The Balaban J connectivity index is 1.61. The lowest BCUT2D eigenvalue weighted by Gasteiger charge is -2.13. The van der Waals surface area contributed by atoms with Crippen molar-refractivity contribution in [3.8, 4) is 5.69 Å². The molecule has 0 spiro atoms. The monoisotopic (exact) mass is 428 g/mol. The number of fused-ring (bicyclic) bond motifs is 2. The second-order valence-corrected chi connectivity index (χ2v) is 9.09. The van der Waals surface area contributed by atoms with Gasteiger partial charge in [0.1, 0.15) is 11.4 Å². The lowest BCUT2D eigenvalue weighted by Crippen LogP contribution is -2.38. The zero-order valence-corrected chi connectivity index (χ0v) is 18.8. The maximum atomic E-state index is 5.01. The molecule has 0 unspecified atom stereocenters. The molecule has 1 aliphatic rings. The standard InChI is InChI=1S/C25H22N3S2/c1-17-15-19(16-24-27(2)22-12-6-7-14-23(22)30-24)26-25(29-3)28(17)21-13-8-10-18-9-4-5-11-20(18)21/h4-16H,1-3H3/q+1. The zero-order chi connectivity index (χ0) is 20.7. The van der Waals surface area contributed by atoms with Crippen LogP contribution in [0.25, 0.3) is 22.5 Å². The van der Waals surface area contributed by atoms with Crippen molar-refractivity contribution >= 4 is 46.1 Å². The number of benzene rings is 3. The van der Waals surface area contributed by atoms with E-state index in [4.69, 9.17) is 4.98 Å². The van der Waals surface area contributed by atoms with Crippen molar-refractivity contribution in [1.82, 2.24) is 4.98 Å². The van der Waals surface area contributed by atoms with Crippen molar-refractivity contribution in [3.05, 3.63) is 89.2 Å². The Morgan fingerprint density at radius 2 is 1.77 bits per heavy atom. The van der Waals surface area contributed by atoms with Gasteiger partial charge < -0.3 is 4.90 Å². The molecule has 0 radical (unpaired) electrons. The van der Waals surface area contributed by atoms with Crippen LogP contribution in [0.2, 0.25) is 0 Å². The molecule has 0 aliphatic carbocycles. The van der Waals surface area contributed by atoms with Crippen LogP contribution in [0, 0.1) is 6.92 Å². The molecule has 1 aromatic heterocycles. The van der Waals surface area contributed by atoms with Crippen LogP contribution >= 0.6 is 23.5 Å². The van der Waals surface area contributed by atoms with Crippen LogP contribution in [0.5, 0.6) is 0 Å². The molecule has 1 aliphatic heterocycles. The number of thioether (sulfide) groups is 2. The minimum Gasteiger partial charge on any atom is -0.338 e. The molecular formula is C25H22N3S2+. The number of rotatable bonds is 3. The Bertz CT molecular complexity index is 1290. The van der Waals surface area contributed by atoms with Gasteiger partial charge in [-0.05, 0) is 53.5 Å². The molecule has 30 heavy (non-hydrogen) atoms. The summed E-state index contributed by atoms with van der Waals surface area (Å²) in [6.45, 7) is 2.16. The number of para-hydroxylation sites is 1. The Kier molecular flexibility index (Phi) is 5.01. The van der Waals surface area contributed by atoms with Gasteiger partial charge in [-0.1, -0.05) is 60.3 Å². The highest BCUT2D eigenvalue weighted by Crippen LogP contribution is 2.45. The van der Waals surface area contributed by atoms with E-state index in [9.17, 15) is 0 Å². The van der Waals surface area contributed by atoms with E-state index in [1.54, 1.807) is 23.5 Å². The average molecular weight is 429 g/mol. The highest BCUT2D eigenvalue weighted by Gasteiger charge is 2.24. The van der Waals surface area contributed by atoms with E-state index < -0.39 is 0 Å². The fourth-order valence-corrected chi connectivity index (χ4v) is 5.62.